The maximum atomic E-state index is 12.4. The van der Waals surface area contributed by atoms with Gasteiger partial charge in [-0.3, -0.25) is 14.1 Å². The third-order valence-electron chi connectivity index (χ3n) is 8.80. The molecule has 1 atom stereocenters. The van der Waals surface area contributed by atoms with Gasteiger partial charge >= 0.3 is 19.8 Å². The summed E-state index contributed by atoms with van der Waals surface area (Å²) in [6.07, 6.45) is 52.1. The second kappa shape index (κ2) is 40.2. The highest BCUT2D eigenvalue weighted by atomic mass is 31.2. The largest absolute Gasteiger partial charge is 0.469 e. The van der Waals surface area contributed by atoms with Crippen LogP contribution in [0, 0.1) is 0 Å². The van der Waals surface area contributed by atoms with Gasteiger partial charge in [-0.05, 0) is 64.2 Å². The molecule has 8 nitrogen and oxygen atoms in total. The fourth-order valence-corrected chi connectivity index (χ4v) is 6.01. The molecule has 1 unspecified atom stereocenters. The highest BCUT2D eigenvalue weighted by molar-refractivity contribution is 7.46. The summed E-state index contributed by atoms with van der Waals surface area (Å²) < 4.78 is 26.3. The van der Waals surface area contributed by atoms with E-state index in [1.165, 1.54) is 83.5 Å². The molecule has 0 amide bonds. The fourth-order valence-electron chi connectivity index (χ4n) is 5.65. The predicted octanol–water partition coefficient (Wildman–Crippen LogP) is 13.1. The van der Waals surface area contributed by atoms with Crippen molar-refractivity contribution in [1.82, 2.24) is 0 Å². The molecule has 54 heavy (non-hydrogen) atoms. The van der Waals surface area contributed by atoms with Crippen molar-refractivity contribution in [2.75, 3.05) is 13.2 Å². The molecule has 0 fully saturated rings. The van der Waals surface area contributed by atoms with E-state index in [1.807, 2.05) is 36.5 Å². The number of allylic oxidation sites excluding steroid dienone is 12. The molecule has 2 N–H and O–H groups in total. The maximum absolute atomic E-state index is 12.4. The number of ether oxygens (including phenoxy) is 2. The Bertz CT molecular complexity index is 1100. The summed E-state index contributed by atoms with van der Waals surface area (Å²) in [5.41, 5.74) is 0. The van der Waals surface area contributed by atoms with Crippen molar-refractivity contribution in [1.29, 1.82) is 0 Å². The Labute approximate surface area is 329 Å². The van der Waals surface area contributed by atoms with Crippen molar-refractivity contribution in [2.24, 2.45) is 0 Å². The molecule has 0 radical (unpaired) electrons. The van der Waals surface area contributed by atoms with Crippen molar-refractivity contribution in [3.05, 3.63) is 72.9 Å². The summed E-state index contributed by atoms with van der Waals surface area (Å²) in [6.45, 7) is 3.50. The molecule has 0 spiro atoms. The van der Waals surface area contributed by atoms with Gasteiger partial charge in [0.05, 0.1) is 6.61 Å². The van der Waals surface area contributed by atoms with Gasteiger partial charge in [-0.2, -0.15) is 0 Å². The lowest BCUT2D eigenvalue weighted by Gasteiger charge is -2.18. The summed E-state index contributed by atoms with van der Waals surface area (Å²) in [5, 5.41) is 0. The standard InChI is InChI=1S/C45H77O8P/c1-3-5-7-9-11-13-15-17-18-19-20-21-22-23-24-25-26-28-29-31-33-35-37-39-44(46)51-41-43(42-52-54(48,49)50)53-45(47)40-38-36-34-32-30-27-16-14-12-10-8-6-4-2/h6,8,10,12,14,16,20-21,23-24,27,30,43H,3-5,7,9,11,13,15,17-19,22,25-26,28-29,31-42H2,1-2H3,(H2,48,49,50)/b8-6+,12-10+,16-14+,21-20+,24-23+,30-27+. The molecule has 0 aliphatic carbocycles. The van der Waals surface area contributed by atoms with Gasteiger partial charge in [-0.1, -0.05) is 177 Å². The fraction of sp³-hybridized carbons (Fsp3) is 0.689. The van der Waals surface area contributed by atoms with E-state index in [-0.39, 0.29) is 19.4 Å². The number of unbranched alkanes of at least 4 members (excludes halogenated alkanes) is 19. The van der Waals surface area contributed by atoms with Gasteiger partial charge in [-0.25, -0.2) is 4.57 Å². The molecule has 310 valence electrons. The van der Waals surface area contributed by atoms with Gasteiger partial charge in [0.1, 0.15) is 6.61 Å². The van der Waals surface area contributed by atoms with Gasteiger partial charge in [-0.15, -0.1) is 0 Å². The molecule has 0 aromatic carbocycles. The number of rotatable bonds is 38. The Morgan fingerprint density at radius 2 is 0.963 bits per heavy atom. The lowest BCUT2D eigenvalue weighted by atomic mass is 10.1. The predicted molar refractivity (Wildman–Crippen MR) is 225 cm³/mol. The van der Waals surface area contributed by atoms with Crippen LogP contribution in [0.1, 0.15) is 181 Å². The molecule has 0 aliphatic heterocycles. The number of carbonyl (C=O) groups is 2. The highest BCUT2D eigenvalue weighted by Crippen LogP contribution is 2.36. The van der Waals surface area contributed by atoms with E-state index in [0.717, 1.165) is 57.8 Å². The van der Waals surface area contributed by atoms with Crippen LogP contribution >= 0.6 is 7.82 Å². The van der Waals surface area contributed by atoms with Crippen LogP contribution in [0.15, 0.2) is 72.9 Å². The number of hydrogen-bond donors (Lipinski definition) is 2. The van der Waals surface area contributed by atoms with Crippen molar-refractivity contribution >= 4 is 19.8 Å². The number of hydrogen-bond acceptors (Lipinski definition) is 6. The van der Waals surface area contributed by atoms with E-state index in [1.54, 1.807) is 0 Å². The van der Waals surface area contributed by atoms with Crippen LogP contribution in [0.3, 0.4) is 0 Å². The van der Waals surface area contributed by atoms with Crippen molar-refractivity contribution in [3.63, 3.8) is 0 Å². The Morgan fingerprint density at radius 3 is 1.50 bits per heavy atom. The van der Waals surface area contributed by atoms with Crippen LogP contribution in [0.2, 0.25) is 0 Å². The SMILES string of the molecule is CC/C=C/C=C/C=C/C=C/CCCCCC(=O)OC(COC(=O)CCCCCCCCC/C=C/C/C=C/CCCCCCCCCCC)COP(=O)(O)O. The molecular formula is C45H77O8P. The van der Waals surface area contributed by atoms with Crippen LogP contribution in [0.5, 0.6) is 0 Å². The zero-order valence-electron chi connectivity index (χ0n) is 34.1. The van der Waals surface area contributed by atoms with Crippen molar-refractivity contribution in [3.8, 4) is 0 Å². The molecule has 0 aliphatic rings. The zero-order chi connectivity index (χ0) is 39.6. The van der Waals surface area contributed by atoms with Gasteiger partial charge in [0.2, 0.25) is 0 Å². The van der Waals surface area contributed by atoms with Gasteiger partial charge in [0, 0.05) is 12.8 Å². The minimum Gasteiger partial charge on any atom is -0.462 e. The average molecular weight is 777 g/mol. The van der Waals surface area contributed by atoms with E-state index in [4.69, 9.17) is 19.3 Å². The molecule has 0 saturated carbocycles. The normalized spacial score (nSPS) is 13.2. The topological polar surface area (TPSA) is 119 Å². The van der Waals surface area contributed by atoms with E-state index < -0.39 is 32.5 Å². The first kappa shape index (κ1) is 51.5. The quantitative estimate of drug-likeness (QED) is 0.0209. The zero-order valence-corrected chi connectivity index (χ0v) is 35.0. The van der Waals surface area contributed by atoms with E-state index in [0.29, 0.717) is 12.8 Å². The van der Waals surface area contributed by atoms with E-state index in [9.17, 15) is 14.2 Å². The van der Waals surface area contributed by atoms with Gasteiger partial charge < -0.3 is 19.3 Å². The summed E-state index contributed by atoms with van der Waals surface area (Å²) in [5.74, 6) is -0.944. The Kier molecular flexibility index (Phi) is 38.3. The van der Waals surface area contributed by atoms with Crippen LogP contribution in [0.25, 0.3) is 0 Å². The number of phosphoric ester groups is 1. The molecule has 9 heteroatoms. The Morgan fingerprint density at radius 1 is 0.519 bits per heavy atom. The summed E-state index contributed by atoms with van der Waals surface area (Å²) in [6, 6.07) is 0. The first-order valence-corrected chi connectivity index (χ1v) is 22.8. The number of carbonyl (C=O) groups excluding carboxylic acids is 2. The molecule has 0 aromatic heterocycles. The highest BCUT2D eigenvalue weighted by Gasteiger charge is 2.22. The minimum absolute atomic E-state index is 0.161. The third-order valence-corrected chi connectivity index (χ3v) is 9.29. The van der Waals surface area contributed by atoms with Crippen molar-refractivity contribution < 1.29 is 37.9 Å². The summed E-state index contributed by atoms with van der Waals surface area (Å²) >= 11 is 0. The Hall–Kier alpha value is -2.51. The van der Waals surface area contributed by atoms with E-state index in [2.05, 4.69) is 54.8 Å². The summed E-state index contributed by atoms with van der Waals surface area (Å²) in [4.78, 5) is 42.8. The smallest absolute Gasteiger partial charge is 0.462 e. The molecule has 0 heterocycles. The summed E-state index contributed by atoms with van der Waals surface area (Å²) in [7, 11) is -4.77. The molecule has 0 saturated heterocycles. The second-order valence-corrected chi connectivity index (χ2v) is 15.3. The molecule has 0 aromatic rings. The molecule has 0 bridgehead atoms. The van der Waals surface area contributed by atoms with Gasteiger partial charge in [0.25, 0.3) is 0 Å². The monoisotopic (exact) mass is 777 g/mol. The minimum atomic E-state index is -4.77. The lowest BCUT2D eigenvalue weighted by Crippen LogP contribution is -2.29. The Balaban J connectivity index is 3.93. The first-order valence-electron chi connectivity index (χ1n) is 21.3. The van der Waals surface area contributed by atoms with Crippen LogP contribution < -0.4 is 0 Å². The van der Waals surface area contributed by atoms with Crippen molar-refractivity contribution in [2.45, 2.75) is 187 Å². The van der Waals surface area contributed by atoms with Gasteiger partial charge in [0.15, 0.2) is 6.10 Å². The van der Waals surface area contributed by atoms with Crippen LogP contribution in [0.4, 0.5) is 0 Å². The second-order valence-electron chi connectivity index (χ2n) is 14.0. The average Bonchev–Trinajstić information content (AvgIpc) is 3.14. The molecular weight excluding hydrogens is 699 g/mol. The molecule has 0 rings (SSSR count). The first-order chi connectivity index (χ1) is 26.3. The maximum Gasteiger partial charge on any atom is 0.469 e. The number of esters is 2. The van der Waals surface area contributed by atoms with Crippen LogP contribution in [-0.2, 0) is 28.2 Å². The van der Waals surface area contributed by atoms with Crippen LogP contribution in [-0.4, -0.2) is 41.0 Å². The van der Waals surface area contributed by atoms with E-state index >= 15 is 0 Å². The number of phosphoric acid groups is 1. The lowest BCUT2D eigenvalue weighted by molar-refractivity contribution is -0.161. The third kappa shape index (κ3) is 42.2.